The maximum atomic E-state index is 12.9. The molecule has 1 amide bonds. The van der Waals surface area contributed by atoms with E-state index in [2.05, 4.69) is 0 Å². The first-order chi connectivity index (χ1) is 12.0. The zero-order valence-corrected chi connectivity index (χ0v) is 16.4. The molecule has 0 unspecified atom stereocenters. The molecule has 144 valence electrons. The van der Waals surface area contributed by atoms with Crippen molar-refractivity contribution in [3.63, 3.8) is 0 Å². The number of rotatable bonds is 4. The van der Waals surface area contributed by atoms with Gasteiger partial charge < -0.3 is 14.2 Å². The van der Waals surface area contributed by atoms with Crippen LogP contribution in [-0.4, -0.2) is 47.5 Å². The monoisotopic (exact) mass is 363 g/mol. The van der Waals surface area contributed by atoms with Gasteiger partial charge in [0.05, 0.1) is 25.7 Å². The van der Waals surface area contributed by atoms with Crippen molar-refractivity contribution >= 4 is 12.1 Å². The van der Waals surface area contributed by atoms with Crippen LogP contribution >= 0.6 is 0 Å². The van der Waals surface area contributed by atoms with Gasteiger partial charge >= 0.3 is 12.1 Å². The van der Waals surface area contributed by atoms with Gasteiger partial charge in [-0.05, 0) is 46.6 Å². The fraction of sp³-hybridized carbons (Fsp3) is 0.600. The zero-order chi connectivity index (χ0) is 19.5. The van der Waals surface area contributed by atoms with Crippen LogP contribution in [0, 0.1) is 0 Å². The van der Waals surface area contributed by atoms with Crippen LogP contribution in [0.1, 0.15) is 46.6 Å². The molecule has 2 atom stereocenters. The summed E-state index contributed by atoms with van der Waals surface area (Å²) in [6, 6.07) is 9.49. The minimum atomic E-state index is -0.888. The van der Waals surface area contributed by atoms with Crippen molar-refractivity contribution in [2.75, 3.05) is 7.11 Å². The lowest BCUT2D eigenvalue weighted by Gasteiger charge is -2.35. The molecular weight excluding hydrogens is 334 g/mol. The summed E-state index contributed by atoms with van der Waals surface area (Å²) in [7, 11) is 1.35. The Morgan fingerprint density at radius 1 is 1.19 bits per heavy atom. The second kappa shape index (κ2) is 7.66. The van der Waals surface area contributed by atoms with Crippen LogP contribution < -0.4 is 0 Å². The molecular formula is C20H29NO5. The SMILES string of the molecule is COC(=O)C[C@@H]1OC(C)(C)N(C(=O)OC(C)(C)C)[C@H]1Cc1ccccc1. The van der Waals surface area contributed by atoms with Crippen molar-refractivity contribution in [2.45, 2.75) is 70.9 Å². The number of nitrogens with zero attached hydrogens (tertiary/aromatic N) is 1. The van der Waals surface area contributed by atoms with Crippen molar-refractivity contribution in [1.82, 2.24) is 4.90 Å². The van der Waals surface area contributed by atoms with Gasteiger partial charge in [0, 0.05) is 0 Å². The van der Waals surface area contributed by atoms with Gasteiger partial charge in [0.25, 0.3) is 0 Å². The number of esters is 1. The number of carbonyl (C=O) groups excluding carboxylic acids is 2. The lowest BCUT2D eigenvalue weighted by molar-refractivity contribution is -0.145. The van der Waals surface area contributed by atoms with Crippen LogP contribution in [0.5, 0.6) is 0 Å². The normalized spacial score (nSPS) is 22.2. The highest BCUT2D eigenvalue weighted by Crippen LogP contribution is 2.36. The summed E-state index contributed by atoms with van der Waals surface area (Å²) in [5.41, 5.74) is -0.451. The van der Waals surface area contributed by atoms with Crippen LogP contribution in [0.3, 0.4) is 0 Å². The maximum Gasteiger partial charge on any atom is 0.412 e. The Balaban J connectivity index is 2.33. The van der Waals surface area contributed by atoms with E-state index < -0.39 is 23.5 Å². The minimum Gasteiger partial charge on any atom is -0.469 e. The van der Waals surface area contributed by atoms with Gasteiger partial charge in [-0.2, -0.15) is 0 Å². The Labute approximate surface area is 155 Å². The number of hydrogen-bond acceptors (Lipinski definition) is 5. The fourth-order valence-electron chi connectivity index (χ4n) is 3.24. The van der Waals surface area contributed by atoms with Crippen LogP contribution in [0.15, 0.2) is 30.3 Å². The van der Waals surface area contributed by atoms with Crippen LogP contribution in [-0.2, 0) is 25.4 Å². The molecule has 1 aromatic carbocycles. The molecule has 26 heavy (non-hydrogen) atoms. The molecule has 0 aromatic heterocycles. The molecule has 6 nitrogen and oxygen atoms in total. The van der Waals surface area contributed by atoms with Crippen molar-refractivity contribution in [2.24, 2.45) is 0 Å². The molecule has 1 saturated heterocycles. The largest absolute Gasteiger partial charge is 0.469 e. The molecule has 0 aliphatic carbocycles. The molecule has 2 rings (SSSR count). The Morgan fingerprint density at radius 2 is 1.81 bits per heavy atom. The van der Waals surface area contributed by atoms with Gasteiger partial charge in [-0.3, -0.25) is 9.69 Å². The number of carbonyl (C=O) groups is 2. The smallest absolute Gasteiger partial charge is 0.412 e. The van der Waals surface area contributed by atoms with E-state index in [1.807, 2.05) is 65.0 Å². The Kier molecular flexibility index (Phi) is 5.96. The van der Waals surface area contributed by atoms with E-state index in [9.17, 15) is 9.59 Å². The highest BCUT2D eigenvalue weighted by atomic mass is 16.6. The number of ether oxygens (including phenoxy) is 3. The number of hydrogen-bond donors (Lipinski definition) is 0. The van der Waals surface area contributed by atoms with Crippen LogP contribution in [0.25, 0.3) is 0 Å². The third-order valence-corrected chi connectivity index (χ3v) is 4.25. The number of methoxy groups -OCH3 is 1. The molecule has 1 aliphatic heterocycles. The second-order valence-electron chi connectivity index (χ2n) is 7.99. The highest BCUT2D eigenvalue weighted by Gasteiger charge is 2.51. The van der Waals surface area contributed by atoms with E-state index in [0.717, 1.165) is 5.56 Å². The summed E-state index contributed by atoms with van der Waals surface area (Å²) in [6.45, 7) is 9.10. The first kappa shape index (κ1) is 20.2. The van der Waals surface area contributed by atoms with Crippen LogP contribution in [0.4, 0.5) is 4.79 Å². The Hall–Kier alpha value is -2.08. The average Bonchev–Trinajstić information content (AvgIpc) is 2.76. The predicted molar refractivity (Wildman–Crippen MR) is 97.6 cm³/mol. The highest BCUT2D eigenvalue weighted by molar-refractivity contribution is 5.72. The topological polar surface area (TPSA) is 65.1 Å². The third kappa shape index (κ3) is 4.97. The molecule has 1 heterocycles. The lowest BCUT2D eigenvalue weighted by Crippen LogP contribution is -2.51. The van der Waals surface area contributed by atoms with E-state index in [1.165, 1.54) is 7.11 Å². The summed E-state index contributed by atoms with van der Waals surface area (Å²) < 4.78 is 16.5. The van der Waals surface area contributed by atoms with Crippen molar-refractivity contribution in [3.05, 3.63) is 35.9 Å². The van der Waals surface area contributed by atoms with E-state index in [4.69, 9.17) is 14.2 Å². The first-order valence-corrected chi connectivity index (χ1v) is 8.84. The van der Waals surface area contributed by atoms with Gasteiger partial charge in [-0.15, -0.1) is 0 Å². The van der Waals surface area contributed by atoms with Gasteiger partial charge in [0.15, 0.2) is 0 Å². The van der Waals surface area contributed by atoms with Crippen molar-refractivity contribution < 1.29 is 23.8 Å². The van der Waals surface area contributed by atoms with E-state index in [0.29, 0.717) is 6.42 Å². The number of amides is 1. The average molecular weight is 363 g/mol. The Morgan fingerprint density at radius 3 is 2.35 bits per heavy atom. The summed E-state index contributed by atoms with van der Waals surface area (Å²) in [4.78, 5) is 26.3. The molecule has 1 aliphatic rings. The summed E-state index contributed by atoms with van der Waals surface area (Å²) in [5.74, 6) is -0.366. The zero-order valence-electron chi connectivity index (χ0n) is 16.4. The summed E-state index contributed by atoms with van der Waals surface area (Å²) >= 11 is 0. The minimum absolute atomic E-state index is 0.0801. The fourth-order valence-corrected chi connectivity index (χ4v) is 3.24. The maximum absolute atomic E-state index is 12.9. The van der Waals surface area contributed by atoms with E-state index in [-0.39, 0.29) is 18.4 Å². The third-order valence-electron chi connectivity index (χ3n) is 4.25. The predicted octanol–water partition coefficient (Wildman–Crippen LogP) is 3.53. The molecule has 1 aromatic rings. The molecule has 0 bridgehead atoms. The van der Waals surface area contributed by atoms with Gasteiger partial charge in [0.2, 0.25) is 0 Å². The molecule has 0 radical (unpaired) electrons. The standard InChI is InChI=1S/C20H29NO5/c1-19(2,3)26-18(23)21-15(12-14-10-8-7-9-11-14)16(13-17(22)24-6)25-20(21,4)5/h7-11,15-16H,12-13H2,1-6H3/t15-,16-/m0/s1. The molecule has 1 fully saturated rings. The van der Waals surface area contributed by atoms with Gasteiger partial charge in [-0.25, -0.2) is 4.79 Å². The van der Waals surface area contributed by atoms with Crippen LogP contribution in [0.2, 0.25) is 0 Å². The van der Waals surface area contributed by atoms with Crippen molar-refractivity contribution in [1.29, 1.82) is 0 Å². The molecule has 6 heteroatoms. The van der Waals surface area contributed by atoms with E-state index >= 15 is 0 Å². The van der Waals surface area contributed by atoms with Crippen molar-refractivity contribution in [3.8, 4) is 0 Å². The molecule has 0 saturated carbocycles. The quantitative estimate of drug-likeness (QED) is 0.766. The van der Waals surface area contributed by atoms with E-state index in [1.54, 1.807) is 4.90 Å². The van der Waals surface area contributed by atoms with Gasteiger partial charge in [0.1, 0.15) is 11.3 Å². The lowest BCUT2D eigenvalue weighted by atomic mass is 9.98. The first-order valence-electron chi connectivity index (χ1n) is 8.84. The molecule has 0 N–H and O–H groups in total. The summed E-state index contributed by atoms with van der Waals surface area (Å²) in [6.07, 6.45) is -0.275. The second-order valence-corrected chi connectivity index (χ2v) is 7.99. The molecule has 0 spiro atoms. The van der Waals surface area contributed by atoms with Gasteiger partial charge in [-0.1, -0.05) is 30.3 Å². The summed E-state index contributed by atoms with van der Waals surface area (Å²) in [5, 5.41) is 0. The number of benzene rings is 1. The Bertz CT molecular complexity index is 635.